The number of hydrogen-bond acceptors (Lipinski definition) is 3. The normalized spacial score (nSPS) is 12.9. The van der Waals surface area contributed by atoms with Gasteiger partial charge in [-0.3, -0.25) is 0 Å². The first kappa shape index (κ1) is 35.5. The number of hydrogen-bond donors (Lipinski definition) is 0. The summed E-state index contributed by atoms with van der Waals surface area (Å²) in [5, 5.41) is 5.06. The zero-order chi connectivity index (χ0) is 40.7. The number of aromatic nitrogens is 1. The SMILES string of the molecule is CC1(C)c2ccccc2-c2cc(N(c3ccccc3)c3ccc(-n4c5ccc(N(c6ccccc6)c6ccccc6)cc5c5cc6sc7ccccc7c6cc54)cc3)ccc21. The Morgan fingerprint density at radius 1 is 0.361 bits per heavy atom. The van der Waals surface area contributed by atoms with Crippen LogP contribution in [0.2, 0.25) is 0 Å². The summed E-state index contributed by atoms with van der Waals surface area (Å²) >= 11 is 1.87. The first-order valence-electron chi connectivity index (χ1n) is 21.0. The van der Waals surface area contributed by atoms with E-state index < -0.39 is 0 Å². The molecule has 0 N–H and O–H groups in total. The van der Waals surface area contributed by atoms with Crippen LogP contribution in [-0.2, 0) is 5.41 Å². The van der Waals surface area contributed by atoms with E-state index in [0.717, 1.165) is 39.8 Å². The molecule has 2 heterocycles. The Morgan fingerprint density at radius 2 is 0.885 bits per heavy atom. The van der Waals surface area contributed by atoms with Gasteiger partial charge in [0.1, 0.15) is 0 Å². The van der Waals surface area contributed by atoms with Gasteiger partial charge in [-0.05, 0) is 131 Å². The highest BCUT2D eigenvalue weighted by molar-refractivity contribution is 7.25. The average molecular weight is 800 g/mol. The molecule has 1 aliphatic rings. The topological polar surface area (TPSA) is 11.4 Å². The predicted molar refractivity (Wildman–Crippen MR) is 261 cm³/mol. The second-order valence-corrected chi connectivity index (χ2v) is 17.7. The van der Waals surface area contributed by atoms with Crippen molar-refractivity contribution in [2.75, 3.05) is 9.80 Å². The number of fused-ring (bicyclic) bond motifs is 9. The molecule has 0 amide bonds. The summed E-state index contributed by atoms with van der Waals surface area (Å²) in [5.74, 6) is 0. The van der Waals surface area contributed by atoms with Crippen molar-refractivity contribution in [2.45, 2.75) is 19.3 Å². The van der Waals surface area contributed by atoms with Crippen LogP contribution < -0.4 is 9.80 Å². The number of benzene rings is 9. The van der Waals surface area contributed by atoms with E-state index in [2.05, 4.69) is 241 Å². The van der Waals surface area contributed by atoms with Gasteiger partial charge < -0.3 is 14.4 Å². The molecule has 3 nitrogen and oxygen atoms in total. The minimum atomic E-state index is -0.0466. The van der Waals surface area contributed by atoms with Crippen LogP contribution >= 0.6 is 11.3 Å². The maximum absolute atomic E-state index is 2.46. The van der Waals surface area contributed by atoms with Gasteiger partial charge in [-0.2, -0.15) is 0 Å². The fourth-order valence-corrected chi connectivity index (χ4v) is 11.0. The summed E-state index contributed by atoms with van der Waals surface area (Å²) in [6.45, 7) is 4.68. The van der Waals surface area contributed by atoms with Gasteiger partial charge in [-0.15, -0.1) is 11.3 Å². The fourth-order valence-electron chi connectivity index (χ4n) is 9.87. The van der Waals surface area contributed by atoms with E-state index in [-0.39, 0.29) is 5.41 Å². The molecule has 61 heavy (non-hydrogen) atoms. The van der Waals surface area contributed by atoms with Crippen molar-refractivity contribution in [3.05, 3.63) is 223 Å². The van der Waals surface area contributed by atoms with Crippen molar-refractivity contribution in [2.24, 2.45) is 0 Å². The van der Waals surface area contributed by atoms with E-state index in [4.69, 9.17) is 0 Å². The Hall–Kier alpha value is -7.40. The van der Waals surface area contributed by atoms with Crippen LogP contribution in [0, 0.1) is 0 Å². The molecule has 0 saturated heterocycles. The Labute approximate surface area is 359 Å². The molecule has 12 rings (SSSR count). The lowest BCUT2D eigenvalue weighted by atomic mass is 9.82. The molecule has 0 unspecified atom stereocenters. The molecule has 0 atom stereocenters. The quantitative estimate of drug-likeness (QED) is 0.159. The van der Waals surface area contributed by atoms with Crippen molar-refractivity contribution in [3.63, 3.8) is 0 Å². The highest BCUT2D eigenvalue weighted by Crippen LogP contribution is 2.51. The fraction of sp³-hybridized carbons (Fsp3) is 0.0526. The lowest BCUT2D eigenvalue weighted by molar-refractivity contribution is 0.660. The Morgan fingerprint density at radius 3 is 1.57 bits per heavy atom. The Balaban J connectivity index is 1.04. The van der Waals surface area contributed by atoms with Gasteiger partial charge in [0.25, 0.3) is 0 Å². The highest BCUT2D eigenvalue weighted by Gasteiger charge is 2.35. The van der Waals surface area contributed by atoms with Crippen LogP contribution in [0.1, 0.15) is 25.0 Å². The molecule has 0 bridgehead atoms. The van der Waals surface area contributed by atoms with Gasteiger partial charge >= 0.3 is 0 Å². The van der Waals surface area contributed by atoms with E-state index in [0.29, 0.717) is 0 Å². The molecule has 0 aliphatic heterocycles. The summed E-state index contributed by atoms with van der Waals surface area (Å²) in [7, 11) is 0. The van der Waals surface area contributed by atoms with Gasteiger partial charge in [-0.25, -0.2) is 0 Å². The number of rotatable bonds is 7. The zero-order valence-corrected chi connectivity index (χ0v) is 34.8. The number of para-hydroxylation sites is 3. The van der Waals surface area contributed by atoms with E-state index in [1.54, 1.807) is 0 Å². The van der Waals surface area contributed by atoms with E-state index in [1.807, 2.05) is 11.3 Å². The maximum Gasteiger partial charge on any atom is 0.0548 e. The third kappa shape index (κ3) is 5.63. The molecule has 11 aromatic rings. The van der Waals surface area contributed by atoms with Crippen LogP contribution in [0.4, 0.5) is 34.1 Å². The van der Waals surface area contributed by atoms with E-state index in [1.165, 1.54) is 64.2 Å². The maximum atomic E-state index is 2.46. The second-order valence-electron chi connectivity index (χ2n) is 16.6. The highest BCUT2D eigenvalue weighted by atomic mass is 32.1. The number of thiophene rings is 1. The molecule has 0 spiro atoms. The van der Waals surface area contributed by atoms with Crippen molar-refractivity contribution in [1.29, 1.82) is 0 Å². The summed E-state index contributed by atoms with van der Waals surface area (Å²) in [5.41, 5.74) is 15.6. The van der Waals surface area contributed by atoms with Gasteiger partial charge in [-0.1, -0.05) is 117 Å². The van der Waals surface area contributed by atoms with Crippen LogP contribution in [-0.4, -0.2) is 4.57 Å². The molecular weight excluding hydrogens is 759 g/mol. The third-order valence-electron chi connectivity index (χ3n) is 12.7. The van der Waals surface area contributed by atoms with Crippen molar-refractivity contribution in [1.82, 2.24) is 4.57 Å². The minimum Gasteiger partial charge on any atom is -0.310 e. The molecule has 9 aromatic carbocycles. The summed E-state index contributed by atoms with van der Waals surface area (Å²) in [6, 6.07) is 77.7. The van der Waals surface area contributed by atoms with Crippen molar-refractivity contribution >= 4 is 87.4 Å². The molecule has 0 fully saturated rings. The molecule has 4 heteroatoms. The summed E-state index contributed by atoms with van der Waals surface area (Å²) in [4.78, 5) is 4.74. The lowest BCUT2D eigenvalue weighted by Gasteiger charge is -2.27. The standard InChI is InChI=1S/C57H41N3S/c1-57(2)51-24-14-12-22-45(51)47-34-43(30-32-52(47)57)59(40-20-10-5-11-21-40)41-26-28-42(29-27-41)60-53-33-31-44(58(38-16-6-3-7-17-38)39-18-8-4-9-19-39)35-48(53)49-37-56-50(36-54(49)60)46-23-13-15-25-55(46)61-56/h3-37H,1-2H3. The average Bonchev–Trinajstić information content (AvgIpc) is 3.91. The van der Waals surface area contributed by atoms with Crippen molar-refractivity contribution < 1.29 is 0 Å². The molecule has 2 aromatic heterocycles. The number of anilines is 6. The molecule has 0 radical (unpaired) electrons. The minimum absolute atomic E-state index is 0.0466. The largest absolute Gasteiger partial charge is 0.310 e. The van der Waals surface area contributed by atoms with Crippen LogP contribution in [0.25, 0.3) is 58.8 Å². The van der Waals surface area contributed by atoms with E-state index >= 15 is 0 Å². The van der Waals surface area contributed by atoms with Crippen LogP contribution in [0.3, 0.4) is 0 Å². The number of nitrogens with zero attached hydrogens (tertiary/aromatic N) is 3. The van der Waals surface area contributed by atoms with Crippen molar-refractivity contribution in [3.8, 4) is 16.8 Å². The first-order valence-corrected chi connectivity index (χ1v) is 21.8. The van der Waals surface area contributed by atoms with Gasteiger partial charge in [0.15, 0.2) is 0 Å². The van der Waals surface area contributed by atoms with Gasteiger partial charge in [0.2, 0.25) is 0 Å². The second kappa shape index (κ2) is 13.8. The summed E-state index contributed by atoms with van der Waals surface area (Å²) in [6.07, 6.45) is 0. The van der Waals surface area contributed by atoms with Gasteiger partial charge in [0, 0.05) is 76.2 Å². The predicted octanol–water partition coefficient (Wildman–Crippen LogP) is 16.4. The lowest BCUT2D eigenvalue weighted by Crippen LogP contribution is -2.15. The summed E-state index contributed by atoms with van der Waals surface area (Å²) < 4.78 is 5.07. The smallest absolute Gasteiger partial charge is 0.0548 e. The molecule has 1 aliphatic carbocycles. The molecule has 290 valence electrons. The third-order valence-corrected chi connectivity index (χ3v) is 13.9. The molecular formula is C57H41N3S. The monoisotopic (exact) mass is 799 g/mol. The zero-order valence-electron chi connectivity index (χ0n) is 34.0. The van der Waals surface area contributed by atoms with Crippen LogP contribution in [0.15, 0.2) is 212 Å². The van der Waals surface area contributed by atoms with Gasteiger partial charge in [0.05, 0.1) is 11.0 Å². The first-order chi connectivity index (χ1) is 30.0. The molecule has 0 saturated carbocycles. The Bertz CT molecular complexity index is 3400. The van der Waals surface area contributed by atoms with E-state index in [9.17, 15) is 0 Å². The Kier molecular flexibility index (Phi) is 8.06. The van der Waals surface area contributed by atoms with Crippen LogP contribution in [0.5, 0.6) is 0 Å².